The lowest BCUT2D eigenvalue weighted by Crippen LogP contribution is -2.44. The monoisotopic (exact) mass is 493 g/mol. The third-order valence-electron chi connectivity index (χ3n) is 6.10. The van der Waals surface area contributed by atoms with Gasteiger partial charge in [0, 0.05) is 29.8 Å². The summed E-state index contributed by atoms with van der Waals surface area (Å²) in [5.41, 5.74) is 2.11. The van der Waals surface area contributed by atoms with Gasteiger partial charge in [0.25, 0.3) is 5.91 Å². The highest BCUT2D eigenvalue weighted by molar-refractivity contribution is 7.98. The molecule has 9 heteroatoms. The fourth-order valence-corrected chi connectivity index (χ4v) is 4.59. The van der Waals surface area contributed by atoms with Gasteiger partial charge < -0.3 is 19.9 Å². The third kappa shape index (κ3) is 6.22. The number of carbonyl (C=O) groups excluding carboxylic acids is 2. The first kappa shape index (κ1) is 24.8. The van der Waals surface area contributed by atoms with Gasteiger partial charge in [0.15, 0.2) is 5.82 Å². The molecule has 0 spiro atoms. The second-order valence-electron chi connectivity index (χ2n) is 8.50. The van der Waals surface area contributed by atoms with Crippen molar-refractivity contribution in [3.05, 3.63) is 59.9 Å². The molecule has 0 bridgehead atoms. The number of hydrogen-bond acceptors (Lipinski definition) is 6. The van der Waals surface area contributed by atoms with E-state index in [2.05, 4.69) is 25.4 Å². The summed E-state index contributed by atoms with van der Waals surface area (Å²) in [6, 6.07) is 13.8. The summed E-state index contributed by atoms with van der Waals surface area (Å²) >= 11 is 1.63. The molecule has 0 fully saturated rings. The van der Waals surface area contributed by atoms with Crippen LogP contribution in [0.4, 0.5) is 5.69 Å². The molecule has 184 valence electrons. The first-order valence-corrected chi connectivity index (χ1v) is 13.3. The van der Waals surface area contributed by atoms with Crippen LogP contribution >= 0.6 is 11.8 Å². The summed E-state index contributed by atoms with van der Waals surface area (Å²) in [5, 5.41) is 14.6. The van der Waals surface area contributed by atoms with Crippen molar-refractivity contribution in [3.8, 4) is 17.1 Å². The molecule has 1 aliphatic rings. The number of amides is 2. The molecular weight excluding hydrogens is 462 g/mol. The van der Waals surface area contributed by atoms with Crippen molar-refractivity contribution >= 4 is 29.3 Å². The molecule has 0 radical (unpaired) electrons. The van der Waals surface area contributed by atoms with E-state index in [1.54, 1.807) is 43.1 Å². The van der Waals surface area contributed by atoms with E-state index in [-0.39, 0.29) is 11.8 Å². The fourth-order valence-electron chi connectivity index (χ4n) is 4.12. The highest BCUT2D eigenvalue weighted by atomic mass is 32.2. The number of thioether (sulfide) groups is 1. The molecule has 3 aromatic rings. The van der Waals surface area contributed by atoms with Gasteiger partial charge >= 0.3 is 0 Å². The topological polar surface area (TPSA) is 98.1 Å². The predicted molar refractivity (Wildman–Crippen MR) is 139 cm³/mol. The lowest BCUT2D eigenvalue weighted by atomic mass is 10.1. The maximum Gasteiger partial charge on any atom is 0.251 e. The summed E-state index contributed by atoms with van der Waals surface area (Å²) < 4.78 is 7.35. The Morgan fingerprint density at radius 2 is 1.83 bits per heavy atom. The molecule has 2 aromatic carbocycles. The molecule has 2 heterocycles. The highest BCUT2D eigenvalue weighted by Crippen LogP contribution is 2.24. The minimum Gasteiger partial charge on any atom is -0.497 e. The summed E-state index contributed by atoms with van der Waals surface area (Å²) in [6.07, 6.45) is 6.95. The van der Waals surface area contributed by atoms with Gasteiger partial charge in [0.2, 0.25) is 5.91 Å². The van der Waals surface area contributed by atoms with Crippen LogP contribution in [0.1, 0.15) is 41.9 Å². The third-order valence-corrected chi connectivity index (χ3v) is 6.75. The van der Waals surface area contributed by atoms with Crippen LogP contribution in [0.25, 0.3) is 11.4 Å². The molecule has 35 heavy (non-hydrogen) atoms. The number of benzene rings is 2. The summed E-state index contributed by atoms with van der Waals surface area (Å²) in [6.45, 7) is 0.932. The minimum absolute atomic E-state index is 0.245. The van der Waals surface area contributed by atoms with E-state index in [4.69, 9.17) is 4.74 Å². The molecule has 0 aliphatic carbocycles. The van der Waals surface area contributed by atoms with Crippen LogP contribution in [0.15, 0.2) is 48.5 Å². The Balaban J connectivity index is 1.43. The van der Waals surface area contributed by atoms with Crippen LogP contribution in [0.5, 0.6) is 5.75 Å². The number of nitrogens with one attached hydrogen (secondary N) is 2. The first-order valence-electron chi connectivity index (χ1n) is 11.9. The Morgan fingerprint density at radius 3 is 2.54 bits per heavy atom. The number of nitrogens with zero attached hydrogens (tertiary/aromatic N) is 3. The SMILES string of the molecule is COc1ccc(C(=O)N[C@@H](CCSC)C(=O)Nc2ccc(-c3nnc4n3CCCCC4)cc2)cc1. The quantitative estimate of drug-likeness (QED) is 0.464. The van der Waals surface area contributed by atoms with Crippen molar-refractivity contribution in [2.24, 2.45) is 0 Å². The molecule has 2 N–H and O–H groups in total. The molecule has 0 unspecified atom stereocenters. The van der Waals surface area contributed by atoms with Crippen LogP contribution in [0.3, 0.4) is 0 Å². The lowest BCUT2D eigenvalue weighted by molar-refractivity contribution is -0.118. The average molecular weight is 494 g/mol. The fraction of sp³-hybridized carbons (Fsp3) is 0.385. The normalized spacial score (nSPS) is 13.9. The summed E-state index contributed by atoms with van der Waals surface area (Å²) in [5.74, 6) is 2.78. The van der Waals surface area contributed by atoms with Crippen molar-refractivity contribution in [2.75, 3.05) is 24.4 Å². The molecule has 0 saturated heterocycles. The van der Waals surface area contributed by atoms with Gasteiger partial charge in [-0.25, -0.2) is 0 Å². The number of carbonyl (C=O) groups is 2. The van der Waals surface area contributed by atoms with E-state index in [1.165, 1.54) is 6.42 Å². The van der Waals surface area contributed by atoms with Gasteiger partial charge in [-0.1, -0.05) is 6.42 Å². The maximum absolute atomic E-state index is 13.0. The van der Waals surface area contributed by atoms with Crippen LogP contribution in [-0.2, 0) is 17.8 Å². The van der Waals surface area contributed by atoms with Gasteiger partial charge in [-0.15, -0.1) is 10.2 Å². The second-order valence-corrected chi connectivity index (χ2v) is 9.49. The molecule has 8 nitrogen and oxygen atoms in total. The number of ether oxygens (including phenoxy) is 1. The molecule has 1 atom stereocenters. The number of aryl methyl sites for hydroxylation is 1. The predicted octanol–water partition coefficient (Wildman–Crippen LogP) is 4.17. The number of hydrogen-bond donors (Lipinski definition) is 2. The van der Waals surface area contributed by atoms with E-state index >= 15 is 0 Å². The van der Waals surface area contributed by atoms with Crippen LogP contribution in [0.2, 0.25) is 0 Å². The van der Waals surface area contributed by atoms with Crippen molar-refractivity contribution in [3.63, 3.8) is 0 Å². The maximum atomic E-state index is 13.0. The Morgan fingerprint density at radius 1 is 1.06 bits per heavy atom. The van der Waals surface area contributed by atoms with E-state index < -0.39 is 6.04 Å². The zero-order valence-electron chi connectivity index (χ0n) is 20.1. The summed E-state index contributed by atoms with van der Waals surface area (Å²) in [4.78, 5) is 25.8. The van der Waals surface area contributed by atoms with Crippen LogP contribution < -0.4 is 15.4 Å². The Hall–Kier alpha value is -3.33. The number of methoxy groups -OCH3 is 1. The van der Waals surface area contributed by atoms with E-state index in [9.17, 15) is 9.59 Å². The number of rotatable bonds is 9. The van der Waals surface area contributed by atoms with Gasteiger partial charge in [-0.3, -0.25) is 9.59 Å². The van der Waals surface area contributed by atoms with E-state index in [0.29, 0.717) is 23.4 Å². The standard InChI is InChI=1S/C26H31N5O3S/c1-34-21-13-9-19(10-14-21)25(32)28-22(15-17-35-2)26(33)27-20-11-7-18(8-12-20)24-30-29-23-6-4-3-5-16-31(23)24/h7-14,22H,3-6,15-17H2,1-2H3,(H,27,33)(H,28,32)/t22-/m0/s1. The Bertz CT molecular complexity index is 1140. The zero-order chi connectivity index (χ0) is 24.6. The number of anilines is 1. The van der Waals surface area contributed by atoms with Crippen molar-refractivity contribution in [1.29, 1.82) is 0 Å². The minimum atomic E-state index is -0.649. The highest BCUT2D eigenvalue weighted by Gasteiger charge is 2.22. The molecule has 0 saturated carbocycles. The number of aromatic nitrogens is 3. The Kier molecular flexibility index (Phi) is 8.41. The second kappa shape index (κ2) is 11.9. The van der Waals surface area contributed by atoms with Crippen molar-refractivity contribution in [2.45, 2.75) is 44.7 Å². The smallest absolute Gasteiger partial charge is 0.251 e. The molecule has 1 aromatic heterocycles. The first-order chi connectivity index (χ1) is 17.1. The molecule has 1 aliphatic heterocycles. The summed E-state index contributed by atoms with van der Waals surface area (Å²) in [7, 11) is 1.57. The van der Waals surface area contributed by atoms with Crippen LogP contribution in [-0.4, -0.2) is 51.7 Å². The van der Waals surface area contributed by atoms with E-state index in [0.717, 1.165) is 48.8 Å². The lowest BCUT2D eigenvalue weighted by Gasteiger charge is -2.18. The van der Waals surface area contributed by atoms with Crippen molar-refractivity contribution in [1.82, 2.24) is 20.1 Å². The van der Waals surface area contributed by atoms with Crippen LogP contribution in [0, 0.1) is 0 Å². The van der Waals surface area contributed by atoms with E-state index in [1.807, 2.05) is 30.5 Å². The Labute approximate surface area is 209 Å². The average Bonchev–Trinajstić information content (AvgIpc) is 3.14. The van der Waals surface area contributed by atoms with Gasteiger partial charge in [0.1, 0.15) is 17.6 Å². The molecule has 2 amide bonds. The number of fused-ring (bicyclic) bond motifs is 1. The van der Waals surface area contributed by atoms with Gasteiger partial charge in [-0.05, 0) is 79.8 Å². The van der Waals surface area contributed by atoms with Gasteiger partial charge in [-0.2, -0.15) is 11.8 Å². The largest absolute Gasteiger partial charge is 0.497 e. The van der Waals surface area contributed by atoms with Gasteiger partial charge in [0.05, 0.1) is 7.11 Å². The molecular formula is C26H31N5O3S. The van der Waals surface area contributed by atoms with Crippen molar-refractivity contribution < 1.29 is 14.3 Å². The zero-order valence-corrected chi connectivity index (χ0v) is 20.9. The molecule has 4 rings (SSSR count).